The molecule has 0 atom stereocenters. The van der Waals surface area contributed by atoms with E-state index in [2.05, 4.69) is 15.5 Å². The third-order valence-electron chi connectivity index (χ3n) is 4.45. The number of nitro benzene ring substituents is 1. The number of rotatable bonds is 6. The van der Waals surface area contributed by atoms with E-state index in [0.29, 0.717) is 10.9 Å². The molecule has 152 valence electrons. The first-order chi connectivity index (χ1) is 14.5. The highest BCUT2D eigenvalue weighted by atomic mass is 32.2. The second-order valence-corrected chi connectivity index (χ2v) is 8.55. The number of carbonyl (C=O) groups excluding carboxylic acids is 2. The molecule has 0 unspecified atom stereocenters. The van der Waals surface area contributed by atoms with Gasteiger partial charge in [-0.05, 0) is 24.1 Å². The van der Waals surface area contributed by atoms with E-state index in [1.165, 1.54) is 36.0 Å². The predicted molar refractivity (Wildman–Crippen MR) is 114 cm³/mol. The number of non-ortho nitro benzene ring substituents is 1. The van der Waals surface area contributed by atoms with Crippen LogP contribution < -0.4 is 10.2 Å². The van der Waals surface area contributed by atoms with Crippen molar-refractivity contribution in [1.29, 1.82) is 0 Å². The summed E-state index contributed by atoms with van der Waals surface area (Å²) in [7, 11) is 0. The number of hydrogen-bond donors (Lipinski definition) is 1. The van der Waals surface area contributed by atoms with E-state index in [4.69, 9.17) is 0 Å². The molecule has 2 aromatic carbocycles. The largest absolute Gasteiger partial charge is 0.311 e. The lowest BCUT2D eigenvalue weighted by Gasteiger charge is -2.16. The second-order valence-electron chi connectivity index (χ2n) is 6.35. The van der Waals surface area contributed by atoms with Crippen LogP contribution in [0.3, 0.4) is 0 Å². The number of nitrogens with zero attached hydrogens (tertiary/aromatic N) is 4. The molecule has 0 fully saturated rings. The van der Waals surface area contributed by atoms with Crippen molar-refractivity contribution in [3.63, 3.8) is 0 Å². The number of hydrogen-bond acceptors (Lipinski definition) is 8. The van der Waals surface area contributed by atoms with Crippen LogP contribution in [0.5, 0.6) is 0 Å². The highest BCUT2D eigenvalue weighted by Crippen LogP contribution is 2.30. The Labute approximate surface area is 179 Å². The molecule has 2 heterocycles. The van der Waals surface area contributed by atoms with E-state index in [1.807, 2.05) is 24.3 Å². The van der Waals surface area contributed by atoms with Gasteiger partial charge in [-0.2, -0.15) is 0 Å². The Kier molecular flexibility index (Phi) is 5.72. The smallest absolute Gasteiger partial charge is 0.270 e. The molecule has 3 aromatic rings. The maximum Gasteiger partial charge on any atom is 0.270 e. The van der Waals surface area contributed by atoms with Crippen molar-refractivity contribution in [3.05, 3.63) is 69.8 Å². The molecule has 2 amide bonds. The Balaban J connectivity index is 1.34. The molecule has 11 heteroatoms. The molecule has 0 saturated carbocycles. The zero-order valence-electron chi connectivity index (χ0n) is 15.5. The van der Waals surface area contributed by atoms with Gasteiger partial charge < -0.3 is 4.90 Å². The fourth-order valence-electron chi connectivity index (χ4n) is 3.05. The first-order valence-electron chi connectivity index (χ1n) is 8.91. The maximum atomic E-state index is 12.6. The molecule has 0 bridgehead atoms. The Morgan fingerprint density at radius 1 is 1.20 bits per heavy atom. The monoisotopic (exact) mass is 441 g/mol. The number of carbonyl (C=O) groups is 2. The van der Waals surface area contributed by atoms with Gasteiger partial charge in [0, 0.05) is 29.9 Å². The number of benzene rings is 2. The molecule has 1 aromatic heterocycles. The van der Waals surface area contributed by atoms with E-state index in [9.17, 15) is 19.7 Å². The highest BCUT2D eigenvalue weighted by molar-refractivity contribution is 8.01. The van der Waals surface area contributed by atoms with Gasteiger partial charge in [0.15, 0.2) is 4.34 Å². The minimum absolute atomic E-state index is 0.0117. The lowest BCUT2D eigenvalue weighted by molar-refractivity contribution is -0.384. The van der Waals surface area contributed by atoms with Gasteiger partial charge in [-0.3, -0.25) is 25.0 Å². The maximum absolute atomic E-state index is 12.6. The zero-order chi connectivity index (χ0) is 21.1. The molecule has 9 nitrogen and oxygen atoms in total. The van der Waals surface area contributed by atoms with Crippen LogP contribution in [0.15, 0.2) is 52.9 Å². The zero-order valence-corrected chi connectivity index (χ0v) is 17.1. The number of nitro groups is 1. The molecule has 1 aliphatic heterocycles. The summed E-state index contributed by atoms with van der Waals surface area (Å²) in [6, 6.07) is 13.3. The first kappa shape index (κ1) is 20.0. The molecule has 4 rings (SSSR count). The fourth-order valence-corrected chi connectivity index (χ4v) is 4.67. The third-order valence-corrected chi connectivity index (χ3v) is 6.41. The topological polar surface area (TPSA) is 118 Å². The van der Waals surface area contributed by atoms with Crippen molar-refractivity contribution in [2.75, 3.05) is 22.5 Å². The van der Waals surface area contributed by atoms with Crippen LogP contribution >= 0.6 is 23.1 Å². The molecular weight excluding hydrogens is 426 g/mol. The standard InChI is InChI=1S/C19H15N5O4S2/c25-16(23-9-8-12-4-1-2-7-15(12)23)11-29-19-22-21-18(30-19)20-17(26)13-5-3-6-14(10-13)24(27)28/h1-7,10H,8-9,11H2,(H,20,21,26). The quantitative estimate of drug-likeness (QED) is 0.270. The minimum Gasteiger partial charge on any atom is -0.311 e. The van der Waals surface area contributed by atoms with Gasteiger partial charge in [0.25, 0.3) is 11.6 Å². The van der Waals surface area contributed by atoms with Crippen LogP contribution in [0, 0.1) is 10.1 Å². The van der Waals surface area contributed by atoms with Gasteiger partial charge in [0.1, 0.15) is 0 Å². The Morgan fingerprint density at radius 3 is 2.87 bits per heavy atom. The normalized spacial score (nSPS) is 12.5. The van der Waals surface area contributed by atoms with Gasteiger partial charge in [0.2, 0.25) is 11.0 Å². The van der Waals surface area contributed by atoms with Crippen molar-refractivity contribution in [2.24, 2.45) is 0 Å². The van der Waals surface area contributed by atoms with Crippen molar-refractivity contribution in [3.8, 4) is 0 Å². The number of anilines is 2. The van der Waals surface area contributed by atoms with Crippen LogP contribution in [-0.2, 0) is 11.2 Å². The highest BCUT2D eigenvalue weighted by Gasteiger charge is 2.24. The molecule has 1 N–H and O–H groups in total. The molecule has 0 saturated heterocycles. The fraction of sp³-hybridized carbons (Fsp3) is 0.158. The van der Waals surface area contributed by atoms with Crippen molar-refractivity contribution in [1.82, 2.24) is 10.2 Å². The van der Waals surface area contributed by atoms with Gasteiger partial charge in [0.05, 0.1) is 10.7 Å². The van der Waals surface area contributed by atoms with E-state index < -0.39 is 10.8 Å². The number of thioether (sulfide) groups is 1. The van der Waals surface area contributed by atoms with Gasteiger partial charge in [-0.1, -0.05) is 47.4 Å². The molecule has 0 aliphatic carbocycles. The summed E-state index contributed by atoms with van der Waals surface area (Å²) in [5.74, 6) is -0.319. The van der Waals surface area contributed by atoms with Crippen LogP contribution in [0.2, 0.25) is 0 Å². The van der Waals surface area contributed by atoms with Crippen molar-refractivity contribution in [2.45, 2.75) is 10.8 Å². The minimum atomic E-state index is -0.563. The summed E-state index contributed by atoms with van der Waals surface area (Å²) in [6.07, 6.45) is 0.846. The number of para-hydroxylation sites is 1. The SMILES string of the molecule is O=C(Nc1nnc(SCC(=O)N2CCc3ccccc32)s1)c1cccc([N+](=O)[O-])c1. The Hall–Kier alpha value is -3.31. The van der Waals surface area contributed by atoms with E-state index in [1.54, 1.807) is 4.90 Å². The van der Waals surface area contributed by atoms with E-state index in [0.717, 1.165) is 29.0 Å². The van der Waals surface area contributed by atoms with Crippen LogP contribution in [0.25, 0.3) is 0 Å². The average Bonchev–Trinajstić information content (AvgIpc) is 3.39. The summed E-state index contributed by atoms with van der Waals surface area (Å²) in [6.45, 7) is 0.666. The lowest BCUT2D eigenvalue weighted by atomic mass is 10.2. The van der Waals surface area contributed by atoms with Crippen LogP contribution in [0.4, 0.5) is 16.5 Å². The van der Waals surface area contributed by atoms with Crippen molar-refractivity contribution < 1.29 is 14.5 Å². The number of aromatic nitrogens is 2. The first-order valence-corrected chi connectivity index (χ1v) is 10.7. The summed E-state index contributed by atoms with van der Waals surface area (Å²) in [5, 5.41) is 21.6. The average molecular weight is 441 g/mol. The molecule has 1 aliphatic rings. The predicted octanol–water partition coefficient (Wildman–Crippen LogP) is 3.38. The molecular formula is C19H15N5O4S2. The third kappa shape index (κ3) is 4.31. The van der Waals surface area contributed by atoms with Gasteiger partial charge in [-0.25, -0.2) is 0 Å². The Bertz CT molecular complexity index is 1130. The summed E-state index contributed by atoms with van der Waals surface area (Å²) >= 11 is 2.39. The second kappa shape index (κ2) is 8.59. The number of nitrogens with one attached hydrogen (secondary N) is 1. The lowest BCUT2D eigenvalue weighted by Crippen LogP contribution is -2.30. The summed E-state index contributed by atoms with van der Waals surface area (Å²) in [5.41, 5.74) is 2.10. The van der Waals surface area contributed by atoms with Gasteiger partial charge >= 0.3 is 0 Å². The number of fused-ring (bicyclic) bond motifs is 1. The molecule has 0 spiro atoms. The van der Waals surface area contributed by atoms with Gasteiger partial charge in [-0.15, -0.1) is 10.2 Å². The summed E-state index contributed by atoms with van der Waals surface area (Å²) in [4.78, 5) is 36.9. The Morgan fingerprint density at radius 2 is 2.03 bits per heavy atom. The van der Waals surface area contributed by atoms with Crippen molar-refractivity contribution >= 4 is 51.4 Å². The van der Waals surface area contributed by atoms with Crippen LogP contribution in [0.1, 0.15) is 15.9 Å². The van der Waals surface area contributed by atoms with E-state index in [-0.39, 0.29) is 28.0 Å². The summed E-state index contributed by atoms with van der Waals surface area (Å²) < 4.78 is 0.546. The number of amides is 2. The van der Waals surface area contributed by atoms with Crippen LogP contribution in [-0.4, -0.2) is 39.2 Å². The van der Waals surface area contributed by atoms with E-state index >= 15 is 0 Å². The molecule has 0 radical (unpaired) electrons. The molecule has 30 heavy (non-hydrogen) atoms.